The molecule has 0 amide bonds. The van der Waals surface area contributed by atoms with Gasteiger partial charge in [-0.15, -0.1) is 0 Å². The Morgan fingerprint density at radius 1 is 0.585 bits per heavy atom. The number of hydrogen-bond acceptors (Lipinski definition) is 6. The van der Waals surface area contributed by atoms with E-state index in [9.17, 15) is 19.5 Å². The Hall–Kier alpha value is -2.97. The zero-order valence-corrected chi connectivity index (χ0v) is 34.4. The van der Waals surface area contributed by atoms with Gasteiger partial charge in [-0.25, -0.2) is 4.79 Å². The zero-order chi connectivity index (χ0) is 39.3. The Morgan fingerprint density at radius 3 is 1.64 bits per heavy atom. The zero-order valence-electron chi connectivity index (χ0n) is 34.4. The average Bonchev–Trinajstić information content (AvgIpc) is 3.11. The van der Waals surface area contributed by atoms with Crippen LogP contribution in [0.2, 0.25) is 0 Å². The molecule has 8 nitrogen and oxygen atoms in total. The van der Waals surface area contributed by atoms with E-state index in [4.69, 9.17) is 14.2 Å². The molecule has 0 aromatic heterocycles. The third-order valence-corrected chi connectivity index (χ3v) is 9.00. The lowest BCUT2D eigenvalue weighted by molar-refractivity contribution is -0.887. The summed E-state index contributed by atoms with van der Waals surface area (Å²) in [4.78, 5) is 36.9. The Morgan fingerprint density at radius 2 is 1.08 bits per heavy atom. The van der Waals surface area contributed by atoms with Crippen LogP contribution in [0, 0.1) is 0 Å². The predicted molar refractivity (Wildman–Crippen MR) is 220 cm³/mol. The molecule has 0 radical (unpaired) electrons. The Labute approximate surface area is 324 Å². The van der Waals surface area contributed by atoms with E-state index in [2.05, 4.69) is 44.2 Å². The number of allylic oxidation sites excluding steroid dienone is 10. The van der Waals surface area contributed by atoms with Gasteiger partial charge in [-0.05, 0) is 57.8 Å². The van der Waals surface area contributed by atoms with Crippen molar-refractivity contribution in [3.05, 3.63) is 60.8 Å². The van der Waals surface area contributed by atoms with Crippen molar-refractivity contribution in [2.75, 3.05) is 41.0 Å². The van der Waals surface area contributed by atoms with Gasteiger partial charge in [0.2, 0.25) is 0 Å². The molecule has 0 rings (SSSR count). The molecule has 0 heterocycles. The van der Waals surface area contributed by atoms with Crippen LogP contribution >= 0.6 is 0 Å². The van der Waals surface area contributed by atoms with Crippen LogP contribution in [0.3, 0.4) is 0 Å². The first-order valence-electron chi connectivity index (χ1n) is 20.9. The van der Waals surface area contributed by atoms with Crippen LogP contribution in [0.4, 0.5) is 0 Å². The fourth-order valence-corrected chi connectivity index (χ4v) is 5.74. The summed E-state index contributed by atoms with van der Waals surface area (Å²) in [6.45, 7) is 4.53. The summed E-state index contributed by atoms with van der Waals surface area (Å²) in [6.07, 6.45) is 42.6. The number of nitrogens with zero attached hydrogens (tertiary/aromatic N) is 1. The number of aliphatic carboxylic acids is 1. The maximum atomic E-state index is 12.7. The summed E-state index contributed by atoms with van der Waals surface area (Å²) >= 11 is 0. The second-order valence-corrected chi connectivity index (χ2v) is 15.0. The van der Waals surface area contributed by atoms with Gasteiger partial charge in [-0.1, -0.05) is 139 Å². The lowest BCUT2D eigenvalue weighted by Crippen LogP contribution is -2.50. The molecule has 0 saturated carbocycles. The average molecular weight is 745 g/mol. The summed E-state index contributed by atoms with van der Waals surface area (Å²) in [5, 5.41) is 9.60. The van der Waals surface area contributed by atoms with E-state index in [0.29, 0.717) is 19.3 Å². The van der Waals surface area contributed by atoms with Crippen molar-refractivity contribution in [3.8, 4) is 0 Å². The van der Waals surface area contributed by atoms with Gasteiger partial charge in [0.1, 0.15) is 6.61 Å². The summed E-state index contributed by atoms with van der Waals surface area (Å²) < 4.78 is 17.2. The number of carboxylic acid groups (broad SMARTS) is 1. The van der Waals surface area contributed by atoms with Crippen LogP contribution < -0.4 is 0 Å². The first-order valence-corrected chi connectivity index (χ1v) is 20.9. The van der Waals surface area contributed by atoms with E-state index in [1.165, 1.54) is 44.9 Å². The van der Waals surface area contributed by atoms with Crippen molar-refractivity contribution < 1.29 is 38.2 Å². The van der Waals surface area contributed by atoms with Crippen molar-refractivity contribution in [1.29, 1.82) is 0 Å². The van der Waals surface area contributed by atoms with Crippen LogP contribution in [0.1, 0.15) is 155 Å². The minimum absolute atomic E-state index is 0.0442. The number of unbranched alkanes of at least 4 members (excludes halogenated alkanes) is 15. The van der Waals surface area contributed by atoms with Crippen LogP contribution in [0.15, 0.2) is 60.8 Å². The largest absolute Gasteiger partial charge is 0.477 e. The maximum Gasteiger partial charge on any atom is 0.362 e. The van der Waals surface area contributed by atoms with Gasteiger partial charge in [0.05, 0.1) is 34.4 Å². The summed E-state index contributed by atoms with van der Waals surface area (Å²) in [6, 6.07) is -0.623. The van der Waals surface area contributed by atoms with Gasteiger partial charge in [-0.3, -0.25) is 9.59 Å². The molecule has 0 aliphatic heterocycles. The van der Waals surface area contributed by atoms with E-state index < -0.39 is 18.1 Å². The van der Waals surface area contributed by atoms with E-state index in [-0.39, 0.29) is 36.2 Å². The molecule has 8 heteroatoms. The maximum absolute atomic E-state index is 12.7. The first kappa shape index (κ1) is 50.0. The molecule has 53 heavy (non-hydrogen) atoms. The normalized spacial score (nSPS) is 13.6. The van der Waals surface area contributed by atoms with Gasteiger partial charge in [0, 0.05) is 19.3 Å². The molecular formula is C45H78NO7+. The number of carboxylic acids is 1. The number of ether oxygens (including phenoxy) is 3. The monoisotopic (exact) mass is 745 g/mol. The smallest absolute Gasteiger partial charge is 0.362 e. The Bertz CT molecular complexity index is 1050. The minimum Gasteiger partial charge on any atom is -0.477 e. The third kappa shape index (κ3) is 34.5. The second kappa shape index (κ2) is 36.0. The molecule has 0 fully saturated rings. The first-order chi connectivity index (χ1) is 25.6. The molecule has 0 aliphatic rings. The van der Waals surface area contributed by atoms with Gasteiger partial charge in [-0.2, -0.15) is 0 Å². The van der Waals surface area contributed by atoms with Gasteiger partial charge in [0.15, 0.2) is 12.1 Å². The molecule has 0 spiro atoms. The highest BCUT2D eigenvalue weighted by Crippen LogP contribution is 2.13. The SMILES string of the molecule is CC/C=C/C=C/C=C/C=C/CCCCCCCC(=O)OC(COCCC(C(=O)O)[N+](C)(C)C)COC(=O)CCCCC/C=C/CCCCCCCCC. The van der Waals surface area contributed by atoms with Crippen molar-refractivity contribution in [2.45, 2.75) is 167 Å². The van der Waals surface area contributed by atoms with Crippen molar-refractivity contribution in [1.82, 2.24) is 0 Å². The van der Waals surface area contributed by atoms with Crippen LogP contribution in [0.5, 0.6) is 0 Å². The van der Waals surface area contributed by atoms with E-state index >= 15 is 0 Å². The topological polar surface area (TPSA) is 99.1 Å². The van der Waals surface area contributed by atoms with Crippen molar-refractivity contribution in [3.63, 3.8) is 0 Å². The molecule has 0 aromatic rings. The quantitative estimate of drug-likeness (QED) is 0.0224. The van der Waals surface area contributed by atoms with E-state index in [1.807, 2.05) is 51.5 Å². The Kier molecular flexibility index (Phi) is 34.0. The lowest BCUT2D eigenvalue weighted by atomic mass is 10.1. The molecule has 2 atom stereocenters. The number of carbonyl (C=O) groups is 3. The number of esters is 2. The van der Waals surface area contributed by atoms with Crippen LogP contribution in [0.25, 0.3) is 0 Å². The van der Waals surface area contributed by atoms with Crippen molar-refractivity contribution >= 4 is 17.9 Å². The highest BCUT2D eigenvalue weighted by Gasteiger charge is 2.31. The predicted octanol–water partition coefficient (Wildman–Crippen LogP) is 11.0. The fraction of sp³-hybridized carbons (Fsp3) is 0.711. The van der Waals surface area contributed by atoms with E-state index in [0.717, 1.165) is 77.0 Å². The van der Waals surface area contributed by atoms with Crippen molar-refractivity contribution in [2.24, 2.45) is 0 Å². The van der Waals surface area contributed by atoms with Gasteiger partial charge < -0.3 is 23.8 Å². The minimum atomic E-state index is -0.884. The summed E-state index contributed by atoms with van der Waals surface area (Å²) in [5.41, 5.74) is 0. The molecule has 1 N–H and O–H groups in total. The molecule has 0 bridgehead atoms. The second-order valence-electron chi connectivity index (χ2n) is 15.0. The fourth-order valence-electron chi connectivity index (χ4n) is 5.74. The van der Waals surface area contributed by atoms with Gasteiger partial charge in [0.25, 0.3) is 0 Å². The molecule has 0 aliphatic carbocycles. The highest BCUT2D eigenvalue weighted by molar-refractivity contribution is 5.72. The number of hydrogen-bond donors (Lipinski definition) is 1. The molecular weight excluding hydrogens is 666 g/mol. The highest BCUT2D eigenvalue weighted by atomic mass is 16.6. The van der Waals surface area contributed by atoms with E-state index in [1.54, 1.807) is 0 Å². The number of quaternary nitrogens is 1. The molecule has 304 valence electrons. The standard InChI is InChI=1S/C45H77NO7/c1-6-8-10-12-14-16-18-20-22-24-26-28-30-32-34-36-44(48)53-41(39-51-38-37-42(45(49)50)46(3,4)5)40-52-43(47)35-33-31-29-27-25-23-21-19-17-15-13-11-9-7-2/h8,10,12,14,16,18,20,22-23,25,41-42H,6-7,9,11,13,15,17,19,21,24,26-40H2,1-5H3/p+1/b10-8+,14-12+,18-16+,22-20+,25-23+. The summed E-state index contributed by atoms with van der Waals surface area (Å²) in [7, 11) is 5.50. The molecule has 0 aromatic carbocycles. The molecule has 2 unspecified atom stereocenters. The summed E-state index contributed by atoms with van der Waals surface area (Å²) in [5.74, 6) is -1.53. The van der Waals surface area contributed by atoms with Crippen LogP contribution in [-0.2, 0) is 28.6 Å². The number of carbonyl (C=O) groups excluding carboxylic acids is 2. The number of likely N-dealkylation sites (N-methyl/N-ethyl adjacent to an activating group) is 1. The third-order valence-electron chi connectivity index (χ3n) is 9.00. The Balaban J connectivity index is 4.46. The number of rotatable bonds is 36. The van der Waals surface area contributed by atoms with Crippen LogP contribution in [-0.4, -0.2) is 80.6 Å². The molecule has 0 saturated heterocycles. The lowest BCUT2D eigenvalue weighted by Gasteiger charge is -2.31. The van der Waals surface area contributed by atoms with Gasteiger partial charge >= 0.3 is 17.9 Å².